The highest BCUT2D eigenvalue weighted by Crippen LogP contribution is 2.34. The van der Waals surface area contributed by atoms with Gasteiger partial charge in [-0.1, -0.05) is 6.07 Å². The highest BCUT2D eigenvalue weighted by Gasteiger charge is 2.35. The minimum absolute atomic E-state index is 0.156. The number of aliphatic imine (C=N–C) groups is 1. The molecule has 0 bridgehead atoms. The van der Waals surface area contributed by atoms with Gasteiger partial charge in [0, 0.05) is 27.6 Å². The number of alkyl halides is 3. The van der Waals surface area contributed by atoms with Crippen LogP contribution in [-0.2, 0) is 12.7 Å². The second-order valence-corrected chi connectivity index (χ2v) is 5.51. The van der Waals surface area contributed by atoms with E-state index < -0.39 is 17.6 Å². The third-order valence-corrected chi connectivity index (χ3v) is 4.11. The van der Waals surface area contributed by atoms with Crippen LogP contribution in [0.1, 0.15) is 18.1 Å². The average Bonchev–Trinajstić information content (AvgIpc) is 2.36. The van der Waals surface area contributed by atoms with Gasteiger partial charge in [0.05, 0.1) is 5.56 Å². The Labute approximate surface area is 127 Å². The van der Waals surface area contributed by atoms with Crippen LogP contribution in [0.25, 0.3) is 0 Å². The molecule has 1 aromatic rings. The standard InChI is InChI=1S/C13H11F4IN2/c1-8-12(18)5-19-7-20(8)6-9-10(13(15,16)17)3-2-4-11(9)14/h2-5H,6-7H2,1H3. The molecule has 2 nitrogen and oxygen atoms in total. The maximum atomic E-state index is 13.8. The van der Waals surface area contributed by atoms with Crippen molar-refractivity contribution in [3.05, 3.63) is 44.4 Å². The summed E-state index contributed by atoms with van der Waals surface area (Å²) in [6.45, 7) is 1.85. The summed E-state index contributed by atoms with van der Waals surface area (Å²) in [7, 11) is 0. The molecule has 0 unspecified atom stereocenters. The predicted molar refractivity (Wildman–Crippen MR) is 77.0 cm³/mol. The summed E-state index contributed by atoms with van der Waals surface area (Å²) in [5.74, 6) is -0.850. The highest BCUT2D eigenvalue weighted by atomic mass is 127. The molecule has 0 amide bonds. The number of allylic oxidation sites excluding steroid dienone is 2. The Kier molecular flexibility index (Phi) is 4.36. The third-order valence-electron chi connectivity index (χ3n) is 3.05. The summed E-state index contributed by atoms with van der Waals surface area (Å²) < 4.78 is 53.4. The van der Waals surface area contributed by atoms with E-state index in [1.807, 2.05) is 22.6 Å². The van der Waals surface area contributed by atoms with E-state index in [1.165, 1.54) is 0 Å². The van der Waals surface area contributed by atoms with Crippen LogP contribution in [0.4, 0.5) is 17.6 Å². The van der Waals surface area contributed by atoms with Crippen molar-refractivity contribution >= 4 is 28.8 Å². The second-order valence-electron chi connectivity index (χ2n) is 4.35. The molecule has 0 saturated heterocycles. The normalized spacial score (nSPS) is 16.0. The Morgan fingerprint density at radius 1 is 1.35 bits per heavy atom. The number of hydrogen-bond donors (Lipinski definition) is 0. The van der Waals surface area contributed by atoms with Gasteiger partial charge in [-0.2, -0.15) is 13.2 Å². The van der Waals surface area contributed by atoms with Crippen LogP contribution in [0.15, 0.2) is 32.5 Å². The molecule has 0 saturated carbocycles. The summed E-state index contributed by atoms with van der Waals surface area (Å²) in [4.78, 5) is 5.66. The quantitative estimate of drug-likeness (QED) is 0.534. The van der Waals surface area contributed by atoms with Gasteiger partial charge in [-0.3, -0.25) is 4.99 Å². The Morgan fingerprint density at radius 3 is 2.70 bits per heavy atom. The fourth-order valence-electron chi connectivity index (χ4n) is 1.91. The van der Waals surface area contributed by atoms with Gasteiger partial charge in [0.1, 0.15) is 12.5 Å². The Morgan fingerprint density at radius 2 is 2.05 bits per heavy atom. The molecular weight excluding hydrogens is 387 g/mol. The largest absolute Gasteiger partial charge is 0.416 e. The molecule has 0 aliphatic carbocycles. The molecule has 1 aliphatic rings. The zero-order valence-corrected chi connectivity index (χ0v) is 12.7. The van der Waals surface area contributed by atoms with E-state index >= 15 is 0 Å². The number of benzene rings is 1. The third kappa shape index (κ3) is 3.13. The average molecular weight is 398 g/mol. The van der Waals surface area contributed by atoms with Crippen LogP contribution >= 0.6 is 22.6 Å². The van der Waals surface area contributed by atoms with Crippen LogP contribution in [0.2, 0.25) is 0 Å². The van der Waals surface area contributed by atoms with Gasteiger partial charge in [-0.05, 0) is 41.6 Å². The molecule has 0 radical (unpaired) electrons. The summed E-state index contributed by atoms with van der Waals surface area (Å²) in [5, 5.41) is 0. The van der Waals surface area contributed by atoms with E-state index in [0.29, 0.717) is 0 Å². The maximum absolute atomic E-state index is 13.8. The smallest absolute Gasteiger partial charge is 0.350 e. The molecule has 20 heavy (non-hydrogen) atoms. The van der Waals surface area contributed by atoms with Gasteiger partial charge in [0.25, 0.3) is 0 Å². The van der Waals surface area contributed by atoms with Crippen molar-refractivity contribution in [2.24, 2.45) is 4.99 Å². The summed E-state index contributed by atoms with van der Waals surface area (Å²) in [6, 6.07) is 3.01. The molecule has 1 heterocycles. The number of nitrogens with zero attached hydrogens (tertiary/aromatic N) is 2. The van der Waals surface area contributed by atoms with Crippen molar-refractivity contribution in [3.63, 3.8) is 0 Å². The summed E-state index contributed by atoms with van der Waals surface area (Å²) in [5.41, 5.74) is -0.493. The lowest BCUT2D eigenvalue weighted by Crippen LogP contribution is -2.27. The molecular formula is C13H11F4IN2. The van der Waals surface area contributed by atoms with E-state index in [1.54, 1.807) is 18.0 Å². The van der Waals surface area contributed by atoms with E-state index in [-0.39, 0.29) is 18.8 Å². The van der Waals surface area contributed by atoms with Crippen LogP contribution in [0.3, 0.4) is 0 Å². The maximum Gasteiger partial charge on any atom is 0.416 e. The van der Waals surface area contributed by atoms with Gasteiger partial charge < -0.3 is 4.90 Å². The lowest BCUT2D eigenvalue weighted by molar-refractivity contribution is -0.138. The first kappa shape index (κ1) is 15.3. The van der Waals surface area contributed by atoms with Crippen molar-refractivity contribution in [2.75, 3.05) is 6.67 Å². The summed E-state index contributed by atoms with van der Waals surface area (Å²) >= 11 is 2.05. The molecule has 0 atom stereocenters. The molecule has 108 valence electrons. The number of rotatable bonds is 2. The number of halogens is 5. The van der Waals surface area contributed by atoms with E-state index in [0.717, 1.165) is 27.5 Å². The fourth-order valence-corrected chi connectivity index (χ4v) is 2.45. The minimum Gasteiger partial charge on any atom is -0.350 e. The van der Waals surface area contributed by atoms with Gasteiger partial charge in [0.2, 0.25) is 0 Å². The lowest BCUT2D eigenvalue weighted by Gasteiger charge is -2.28. The molecule has 0 N–H and O–H groups in total. The lowest BCUT2D eigenvalue weighted by atomic mass is 10.1. The van der Waals surface area contributed by atoms with Crippen molar-refractivity contribution in [1.29, 1.82) is 0 Å². The zero-order chi connectivity index (χ0) is 14.9. The van der Waals surface area contributed by atoms with Gasteiger partial charge in [-0.25, -0.2) is 4.39 Å². The van der Waals surface area contributed by atoms with Gasteiger partial charge >= 0.3 is 6.18 Å². The van der Waals surface area contributed by atoms with Crippen LogP contribution in [0, 0.1) is 5.82 Å². The van der Waals surface area contributed by atoms with Crippen molar-refractivity contribution in [1.82, 2.24) is 4.90 Å². The van der Waals surface area contributed by atoms with Crippen LogP contribution in [0.5, 0.6) is 0 Å². The van der Waals surface area contributed by atoms with Crippen LogP contribution in [-0.4, -0.2) is 17.8 Å². The van der Waals surface area contributed by atoms with Crippen LogP contribution < -0.4 is 0 Å². The van der Waals surface area contributed by atoms with Gasteiger partial charge in [0.15, 0.2) is 0 Å². The van der Waals surface area contributed by atoms with Crippen molar-refractivity contribution < 1.29 is 17.6 Å². The topological polar surface area (TPSA) is 15.6 Å². The molecule has 2 rings (SSSR count). The molecule has 1 aromatic carbocycles. The second kappa shape index (κ2) is 5.71. The SMILES string of the molecule is CC1=C(I)C=NCN1Cc1c(F)cccc1C(F)(F)F. The first-order valence-corrected chi connectivity index (χ1v) is 6.84. The monoisotopic (exact) mass is 398 g/mol. The summed E-state index contributed by atoms with van der Waals surface area (Å²) in [6.07, 6.45) is -2.92. The van der Waals surface area contributed by atoms with Crippen molar-refractivity contribution in [2.45, 2.75) is 19.6 Å². The molecule has 0 spiro atoms. The first-order chi connectivity index (χ1) is 9.30. The van der Waals surface area contributed by atoms with Gasteiger partial charge in [-0.15, -0.1) is 0 Å². The van der Waals surface area contributed by atoms with E-state index in [2.05, 4.69) is 4.99 Å². The van der Waals surface area contributed by atoms with Crippen molar-refractivity contribution in [3.8, 4) is 0 Å². The molecule has 0 fully saturated rings. The first-order valence-electron chi connectivity index (χ1n) is 5.76. The Hall–Kier alpha value is -1.12. The minimum atomic E-state index is -4.57. The Balaban J connectivity index is 2.37. The highest BCUT2D eigenvalue weighted by molar-refractivity contribution is 14.1. The Bertz CT molecular complexity index is 578. The zero-order valence-electron chi connectivity index (χ0n) is 10.5. The molecule has 0 aromatic heterocycles. The predicted octanol–water partition coefficient (Wildman–Crippen LogP) is 4.35. The fraction of sp³-hybridized carbons (Fsp3) is 0.308. The number of hydrogen-bond acceptors (Lipinski definition) is 2. The molecule has 7 heteroatoms. The van der Waals surface area contributed by atoms with E-state index in [4.69, 9.17) is 0 Å². The molecule has 1 aliphatic heterocycles. The van der Waals surface area contributed by atoms with E-state index in [9.17, 15) is 17.6 Å².